The average Bonchev–Trinajstić information content (AvgIpc) is 2.97. The normalized spacial score (nSPS) is 15.8. The van der Waals surface area contributed by atoms with Crippen molar-refractivity contribution in [1.82, 2.24) is 20.2 Å². The third-order valence-corrected chi connectivity index (χ3v) is 3.31. The summed E-state index contributed by atoms with van der Waals surface area (Å²) < 4.78 is 5.87. The molecular formula is C14H19N5O. The third-order valence-electron chi connectivity index (χ3n) is 3.31. The van der Waals surface area contributed by atoms with Crippen molar-refractivity contribution in [2.45, 2.75) is 45.9 Å². The van der Waals surface area contributed by atoms with Gasteiger partial charge in [0.25, 0.3) is 5.95 Å². The number of benzene rings is 1. The molecule has 0 aliphatic carbocycles. The first-order valence-electron chi connectivity index (χ1n) is 6.88. The number of tetrazole rings is 1. The van der Waals surface area contributed by atoms with Gasteiger partial charge in [0.2, 0.25) is 0 Å². The Morgan fingerprint density at radius 3 is 3.00 bits per heavy atom. The Kier molecular flexibility index (Phi) is 3.08. The summed E-state index contributed by atoms with van der Waals surface area (Å²) in [6.45, 7) is 7.60. The largest absolute Gasteiger partial charge is 0.487 e. The van der Waals surface area contributed by atoms with Crippen LogP contribution in [0.2, 0.25) is 0 Å². The fraction of sp³-hybridized carbons (Fsp3) is 0.500. The number of hydrogen-bond acceptors (Lipinski definition) is 5. The molecule has 1 aromatic heterocycles. The summed E-state index contributed by atoms with van der Waals surface area (Å²) in [6.07, 6.45) is 0.945. The minimum absolute atomic E-state index is 0.0975. The molecule has 1 aliphatic rings. The Morgan fingerprint density at radius 2 is 2.25 bits per heavy atom. The van der Waals surface area contributed by atoms with Gasteiger partial charge in [-0.15, -0.1) is 5.10 Å². The van der Waals surface area contributed by atoms with Gasteiger partial charge in [-0.25, -0.2) is 0 Å². The molecule has 0 saturated heterocycles. The molecular weight excluding hydrogens is 254 g/mol. The van der Waals surface area contributed by atoms with E-state index in [9.17, 15) is 0 Å². The molecule has 2 aromatic rings. The van der Waals surface area contributed by atoms with E-state index in [1.54, 1.807) is 4.80 Å². The predicted octanol–water partition coefficient (Wildman–Crippen LogP) is 2.02. The van der Waals surface area contributed by atoms with Gasteiger partial charge in [-0.2, -0.15) is 4.80 Å². The van der Waals surface area contributed by atoms with Crippen LogP contribution in [0.1, 0.15) is 31.9 Å². The van der Waals surface area contributed by atoms with Gasteiger partial charge in [0, 0.05) is 13.0 Å². The molecule has 0 saturated carbocycles. The van der Waals surface area contributed by atoms with Gasteiger partial charge in [-0.05, 0) is 43.2 Å². The van der Waals surface area contributed by atoms with Crippen LogP contribution in [0.15, 0.2) is 18.2 Å². The maximum absolute atomic E-state index is 5.87. The third kappa shape index (κ3) is 2.59. The molecule has 20 heavy (non-hydrogen) atoms. The standard InChI is InChI=1S/C14H19N5O/c1-4-19-17-13(16-18-19)15-9-10-5-6-12-11(7-10)8-14(2,3)20-12/h5-7H,4,8-9H2,1-3H3,(H,15,17). The molecule has 0 atom stereocenters. The Labute approximate surface area is 118 Å². The van der Waals surface area contributed by atoms with E-state index >= 15 is 0 Å². The second kappa shape index (κ2) is 4.77. The first kappa shape index (κ1) is 12.9. The fourth-order valence-corrected chi connectivity index (χ4v) is 2.40. The lowest BCUT2D eigenvalue weighted by atomic mass is 10.0. The van der Waals surface area contributed by atoms with Crippen LogP contribution >= 0.6 is 0 Å². The fourth-order valence-electron chi connectivity index (χ4n) is 2.40. The Hall–Kier alpha value is -2.11. The van der Waals surface area contributed by atoms with Crippen LogP contribution in [0.25, 0.3) is 0 Å². The number of hydrogen-bond donors (Lipinski definition) is 1. The number of aromatic nitrogens is 4. The first-order valence-corrected chi connectivity index (χ1v) is 6.88. The van der Waals surface area contributed by atoms with E-state index in [1.807, 2.05) is 13.0 Å². The zero-order chi connectivity index (χ0) is 14.2. The molecule has 1 aliphatic heterocycles. The van der Waals surface area contributed by atoms with E-state index < -0.39 is 0 Å². The van der Waals surface area contributed by atoms with E-state index in [0.717, 1.165) is 18.7 Å². The highest BCUT2D eigenvalue weighted by Crippen LogP contribution is 2.35. The van der Waals surface area contributed by atoms with Crippen LogP contribution < -0.4 is 10.1 Å². The molecule has 1 aromatic carbocycles. The molecule has 3 rings (SSSR count). The van der Waals surface area contributed by atoms with Crippen LogP contribution in [0.3, 0.4) is 0 Å². The maximum Gasteiger partial charge on any atom is 0.263 e. The molecule has 0 radical (unpaired) electrons. The van der Waals surface area contributed by atoms with E-state index in [-0.39, 0.29) is 5.60 Å². The lowest BCUT2D eigenvalue weighted by Crippen LogP contribution is -2.24. The summed E-state index contributed by atoms with van der Waals surface area (Å²) in [5.74, 6) is 1.55. The molecule has 6 nitrogen and oxygen atoms in total. The Morgan fingerprint density at radius 1 is 1.40 bits per heavy atom. The van der Waals surface area contributed by atoms with Crippen LogP contribution in [0.5, 0.6) is 5.75 Å². The van der Waals surface area contributed by atoms with Crippen molar-refractivity contribution in [2.24, 2.45) is 0 Å². The van der Waals surface area contributed by atoms with Gasteiger partial charge in [-0.3, -0.25) is 0 Å². The van der Waals surface area contributed by atoms with Crippen molar-refractivity contribution in [3.05, 3.63) is 29.3 Å². The first-order chi connectivity index (χ1) is 9.55. The summed E-state index contributed by atoms with van der Waals surface area (Å²) in [7, 11) is 0. The van der Waals surface area contributed by atoms with Crippen molar-refractivity contribution >= 4 is 5.95 Å². The van der Waals surface area contributed by atoms with Crippen LogP contribution in [-0.2, 0) is 19.5 Å². The van der Waals surface area contributed by atoms with Gasteiger partial charge >= 0.3 is 0 Å². The molecule has 0 unspecified atom stereocenters. The minimum atomic E-state index is -0.0975. The predicted molar refractivity (Wildman–Crippen MR) is 75.7 cm³/mol. The van der Waals surface area contributed by atoms with Crippen molar-refractivity contribution in [3.63, 3.8) is 0 Å². The molecule has 0 amide bonds. The number of ether oxygens (including phenoxy) is 1. The molecule has 0 bridgehead atoms. The molecule has 6 heteroatoms. The maximum atomic E-state index is 5.87. The highest BCUT2D eigenvalue weighted by Gasteiger charge is 2.29. The number of anilines is 1. The summed E-state index contributed by atoms with van der Waals surface area (Å²) >= 11 is 0. The van der Waals surface area contributed by atoms with Crippen LogP contribution in [0, 0.1) is 0 Å². The molecule has 0 spiro atoms. The van der Waals surface area contributed by atoms with Gasteiger partial charge in [0.15, 0.2) is 0 Å². The minimum Gasteiger partial charge on any atom is -0.487 e. The summed E-state index contributed by atoms with van der Waals surface area (Å²) in [6, 6.07) is 6.29. The lowest BCUT2D eigenvalue weighted by molar-refractivity contribution is 0.138. The van der Waals surface area contributed by atoms with Gasteiger partial charge in [0.05, 0.1) is 6.54 Å². The highest BCUT2D eigenvalue weighted by atomic mass is 16.5. The number of nitrogens with zero attached hydrogens (tertiary/aromatic N) is 4. The molecule has 1 N–H and O–H groups in total. The van der Waals surface area contributed by atoms with E-state index in [0.29, 0.717) is 12.5 Å². The average molecular weight is 273 g/mol. The molecule has 2 heterocycles. The highest BCUT2D eigenvalue weighted by molar-refractivity contribution is 5.42. The number of fused-ring (bicyclic) bond motifs is 1. The summed E-state index contributed by atoms with van der Waals surface area (Å²) in [4.78, 5) is 1.56. The Balaban J connectivity index is 1.67. The quantitative estimate of drug-likeness (QED) is 0.923. The van der Waals surface area contributed by atoms with Gasteiger partial charge < -0.3 is 10.1 Å². The van der Waals surface area contributed by atoms with E-state index in [4.69, 9.17) is 4.74 Å². The van der Waals surface area contributed by atoms with Crippen LogP contribution in [0.4, 0.5) is 5.95 Å². The van der Waals surface area contributed by atoms with E-state index in [2.05, 4.69) is 46.7 Å². The summed E-state index contributed by atoms with van der Waals surface area (Å²) in [5, 5.41) is 15.2. The van der Waals surface area contributed by atoms with Gasteiger partial charge in [0.1, 0.15) is 11.4 Å². The lowest BCUT2D eigenvalue weighted by Gasteiger charge is -2.16. The Bertz CT molecular complexity index is 620. The number of rotatable bonds is 4. The molecule has 0 fully saturated rings. The SMILES string of the molecule is CCn1nnc(NCc2ccc3c(c2)CC(C)(C)O3)n1. The van der Waals surface area contributed by atoms with Gasteiger partial charge in [-0.1, -0.05) is 17.2 Å². The zero-order valence-electron chi connectivity index (χ0n) is 12.1. The second-order valence-electron chi connectivity index (χ2n) is 5.64. The zero-order valence-corrected chi connectivity index (χ0v) is 12.1. The topological polar surface area (TPSA) is 64.9 Å². The van der Waals surface area contributed by atoms with Crippen molar-refractivity contribution in [3.8, 4) is 5.75 Å². The number of aryl methyl sites for hydroxylation is 1. The second-order valence-corrected chi connectivity index (χ2v) is 5.64. The number of nitrogens with one attached hydrogen (secondary N) is 1. The summed E-state index contributed by atoms with van der Waals surface area (Å²) in [5.41, 5.74) is 2.36. The smallest absolute Gasteiger partial charge is 0.263 e. The monoisotopic (exact) mass is 273 g/mol. The van der Waals surface area contributed by atoms with Crippen molar-refractivity contribution < 1.29 is 4.74 Å². The van der Waals surface area contributed by atoms with Crippen molar-refractivity contribution in [2.75, 3.05) is 5.32 Å². The van der Waals surface area contributed by atoms with Crippen LogP contribution in [-0.4, -0.2) is 25.8 Å². The van der Waals surface area contributed by atoms with Crippen molar-refractivity contribution in [1.29, 1.82) is 0 Å². The molecule has 106 valence electrons. The van der Waals surface area contributed by atoms with E-state index in [1.165, 1.54) is 11.1 Å².